The Morgan fingerprint density at radius 3 is 1.57 bits per heavy atom. The first-order chi connectivity index (χ1) is 28.9. The highest BCUT2D eigenvalue weighted by Gasteiger charge is 2.40. The number of amides is 4. The van der Waals surface area contributed by atoms with Gasteiger partial charge in [-0.15, -0.1) is 0 Å². The van der Waals surface area contributed by atoms with Gasteiger partial charge in [-0.1, -0.05) is 58.5 Å². The molecule has 6 aromatic rings. The quantitative estimate of drug-likeness (QED) is 0.149. The Morgan fingerprint density at radius 2 is 1.12 bits per heavy atom. The number of urea groups is 2. The minimum absolute atomic E-state index is 0.278. The van der Waals surface area contributed by atoms with Crippen molar-refractivity contribution < 1.29 is 18.4 Å². The van der Waals surface area contributed by atoms with E-state index in [2.05, 4.69) is 41.8 Å². The number of nitrogens with one attached hydrogen (secondary N) is 3. The Bertz CT molecular complexity index is 2650. The lowest BCUT2D eigenvalue weighted by Gasteiger charge is -2.35. The van der Waals surface area contributed by atoms with Gasteiger partial charge in [0, 0.05) is 66.6 Å². The van der Waals surface area contributed by atoms with Crippen molar-refractivity contribution in [2.75, 3.05) is 27.8 Å². The zero-order chi connectivity index (χ0) is 41.8. The van der Waals surface area contributed by atoms with Gasteiger partial charge >= 0.3 is 12.1 Å². The summed E-state index contributed by atoms with van der Waals surface area (Å²) >= 11 is 29.1. The van der Waals surface area contributed by atoms with Crippen molar-refractivity contribution in [3.63, 3.8) is 0 Å². The molecule has 2 fully saturated rings. The molecule has 6 heterocycles. The SMILES string of the molecule is O=C1NCc2c(cc(Br)nc2-c2ccc(F)cc2)N1c1c(Cl)cccc1Cl.O=C1NCc2c(cc(N3CC4CC3CN4)nc2-c2ccc(F)cc2)N1c1c(Cl)cccc1Cl. The Balaban J connectivity index is 0.000000158. The lowest BCUT2D eigenvalue weighted by molar-refractivity contribution is 0.246. The van der Waals surface area contributed by atoms with Crippen molar-refractivity contribution in [2.45, 2.75) is 31.6 Å². The van der Waals surface area contributed by atoms with Crippen molar-refractivity contribution in [2.24, 2.45) is 0 Å². The standard InChI is InChI=1S/C24H20Cl2FN5O.C19H11BrCl2FN3O/c25-18-2-1-3-19(26)23(18)32-20-9-21(31-12-15-8-16(31)10-28-15)30-22(17(20)11-29-24(32)33)13-4-6-14(27)7-5-13;20-16-8-15-12(17(25-16)10-4-6-11(23)7-5-10)9-24-19(27)26(15)18-13(21)2-1-3-14(18)22/h1-7,9,15-16,28H,8,10-12H2,(H,29,33);1-8H,9H2,(H,24,27). The number of anilines is 5. The maximum Gasteiger partial charge on any atom is 0.326 e. The average molecular weight is 951 g/mol. The molecule has 2 aromatic heterocycles. The second-order valence-electron chi connectivity index (χ2n) is 14.4. The zero-order valence-electron chi connectivity index (χ0n) is 31.1. The van der Waals surface area contributed by atoms with Gasteiger partial charge < -0.3 is 20.9 Å². The first-order valence-corrected chi connectivity index (χ1v) is 21.0. The number of carbonyl (C=O) groups is 2. The molecule has 60 heavy (non-hydrogen) atoms. The van der Waals surface area contributed by atoms with Crippen LogP contribution in [0.2, 0.25) is 20.1 Å². The number of rotatable bonds is 5. The molecule has 0 aliphatic carbocycles. The van der Waals surface area contributed by atoms with Crippen LogP contribution in [-0.4, -0.2) is 47.2 Å². The molecule has 4 aromatic carbocycles. The summed E-state index contributed by atoms with van der Waals surface area (Å²) in [6, 6.07) is 26.3. The number of halogens is 7. The monoisotopic (exact) mass is 948 g/mol. The van der Waals surface area contributed by atoms with E-state index in [0.717, 1.165) is 47.6 Å². The molecule has 4 amide bonds. The van der Waals surface area contributed by atoms with E-state index in [1.54, 1.807) is 66.7 Å². The number of nitrogens with zero attached hydrogens (tertiary/aromatic N) is 5. The maximum atomic E-state index is 13.7. The summed E-state index contributed by atoms with van der Waals surface area (Å²) in [5.74, 6) is 0.134. The van der Waals surface area contributed by atoms with Crippen LogP contribution in [0.5, 0.6) is 0 Å². The van der Waals surface area contributed by atoms with E-state index < -0.39 is 0 Å². The van der Waals surface area contributed by atoms with Crippen molar-refractivity contribution in [1.29, 1.82) is 0 Å². The minimum Gasteiger partial charge on any atom is -0.351 e. The molecular formula is C43H31BrCl4F2N8O2. The Labute approximate surface area is 371 Å². The van der Waals surface area contributed by atoms with Crippen molar-refractivity contribution in [1.82, 2.24) is 25.9 Å². The molecule has 10 rings (SSSR count). The first-order valence-electron chi connectivity index (χ1n) is 18.7. The van der Waals surface area contributed by atoms with Gasteiger partial charge in [0.1, 0.15) is 22.1 Å². The van der Waals surface area contributed by atoms with Gasteiger partial charge in [-0.05, 0) is 101 Å². The highest BCUT2D eigenvalue weighted by molar-refractivity contribution is 9.10. The number of pyridine rings is 2. The van der Waals surface area contributed by atoms with E-state index in [9.17, 15) is 18.4 Å². The number of hydrogen-bond acceptors (Lipinski definition) is 6. The van der Waals surface area contributed by atoms with Gasteiger partial charge in [-0.25, -0.2) is 28.3 Å². The largest absolute Gasteiger partial charge is 0.351 e. The lowest BCUT2D eigenvalue weighted by atomic mass is 10.0. The summed E-state index contributed by atoms with van der Waals surface area (Å²) in [4.78, 5) is 40.6. The van der Waals surface area contributed by atoms with Crippen LogP contribution in [0.4, 0.5) is 46.9 Å². The summed E-state index contributed by atoms with van der Waals surface area (Å²) in [5.41, 5.74) is 6.54. The summed E-state index contributed by atoms with van der Waals surface area (Å²) in [7, 11) is 0. The van der Waals surface area contributed by atoms with Gasteiger partial charge in [-0.3, -0.25) is 9.80 Å². The second-order valence-corrected chi connectivity index (χ2v) is 16.8. The highest BCUT2D eigenvalue weighted by Crippen LogP contribution is 2.46. The van der Waals surface area contributed by atoms with Crippen LogP contribution in [0, 0.1) is 11.6 Å². The molecule has 2 unspecified atom stereocenters. The number of hydrogen-bond donors (Lipinski definition) is 3. The second kappa shape index (κ2) is 16.4. The van der Waals surface area contributed by atoms with Crippen LogP contribution in [0.15, 0.2) is 102 Å². The number of aromatic nitrogens is 2. The molecule has 3 N–H and O–H groups in total. The molecule has 17 heteroatoms. The van der Waals surface area contributed by atoms with E-state index in [1.165, 1.54) is 34.1 Å². The van der Waals surface area contributed by atoms with Gasteiger partial charge in [0.15, 0.2) is 0 Å². The fourth-order valence-electron chi connectivity index (χ4n) is 8.06. The summed E-state index contributed by atoms with van der Waals surface area (Å²) in [6.07, 6.45) is 1.06. The van der Waals surface area contributed by atoms with Crippen LogP contribution in [-0.2, 0) is 13.1 Å². The molecule has 4 aliphatic heterocycles. The molecule has 10 nitrogen and oxygen atoms in total. The third kappa shape index (κ3) is 7.52. The van der Waals surface area contributed by atoms with E-state index >= 15 is 0 Å². The Kier molecular flexibility index (Phi) is 11.1. The van der Waals surface area contributed by atoms with E-state index in [4.69, 9.17) is 51.4 Å². The molecule has 4 aliphatic rings. The van der Waals surface area contributed by atoms with Crippen LogP contribution in [0.25, 0.3) is 22.5 Å². The molecular weight excluding hydrogens is 920 g/mol. The van der Waals surface area contributed by atoms with Crippen molar-refractivity contribution in [3.8, 4) is 22.5 Å². The summed E-state index contributed by atoms with van der Waals surface area (Å²) in [5, 5.41) is 10.7. The molecule has 2 saturated heterocycles. The molecule has 0 radical (unpaired) electrons. The predicted molar refractivity (Wildman–Crippen MR) is 236 cm³/mol. The van der Waals surface area contributed by atoms with Gasteiger partial charge in [0.25, 0.3) is 0 Å². The van der Waals surface area contributed by atoms with Crippen LogP contribution < -0.4 is 30.7 Å². The Hall–Kier alpha value is -5.02. The average Bonchev–Trinajstić information content (AvgIpc) is 3.87. The maximum absolute atomic E-state index is 13.7. The van der Waals surface area contributed by atoms with E-state index in [1.807, 2.05) is 6.07 Å². The third-order valence-electron chi connectivity index (χ3n) is 10.8. The minimum atomic E-state index is -0.347. The zero-order valence-corrected chi connectivity index (χ0v) is 35.7. The molecule has 0 saturated carbocycles. The van der Waals surface area contributed by atoms with E-state index in [-0.39, 0.29) is 30.2 Å². The number of carbonyl (C=O) groups excluding carboxylic acids is 2. The molecule has 0 spiro atoms. The summed E-state index contributed by atoms with van der Waals surface area (Å²) < 4.78 is 27.5. The van der Waals surface area contributed by atoms with Crippen molar-refractivity contribution >= 4 is 103 Å². The smallest absolute Gasteiger partial charge is 0.326 e. The van der Waals surface area contributed by atoms with Crippen LogP contribution >= 0.6 is 62.3 Å². The third-order valence-corrected chi connectivity index (χ3v) is 12.4. The lowest BCUT2D eigenvalue weighted by Crippen LogP contribution is -2.45. The van der Waals surface area contributed by atoms with Gasteiger partial charge in [0.2, 0.25) is 0 Å². The van der Waals surface area contributed by atoms with Gasteiger partial charge in [0.05, 0.1) is 54.2 Å². The Morgan fingerprint density at radius 1 is 0.650 bits per heavy atom. The fraction of sp³-hybridized carbons (Fsp3) is 0.163. The van der Waals surface area contributed by atoms with Gasteiger partial charge in [-0.2, -0.15) is 0 Å². The number of fused-ring (bicyclic) bond motifs is 4. The first kappa shape index (κ1) is 40.4. The predicted octanol–water partition coefficient (Wildman–Crippen LogP) is 11.4. The fourth-order valence-corrected chi connectivity index (χ4v) is 9.58. The molecule has 2 bridgehead atoms. The number of benzene rings is 4. The molecule has 304 valence electrons. The van der Waals surface area contributed by atoms with E-state index in [0.29, 0.717) is 77.5 Å². The number of piperazine rings is 1. The molecule has 2 atom stereocenters. The highest BCUT2D eigenvalue weighted by atomic mass is 79.9. The number of para-hydroxylation sites is 2. The van der Waals surface area contributed by atoms with Crippen molar-refractivity contribution in [3.05, 3.63) is 145 Å². The topological polar surface area (TPSA) is 106 Å². The van der Waals surface area contributed by atoms with Crippen LogP contribution in [0.1, 0.15) is 17.5 Å². The normalized spacial score (nSPS) is 17.8. The summed E-state index contributed by atoms with van der Waals surface area (Å²) in [6.45, 7) is 2.31. The van der Waals surface area contributed by atoms with Crippen LogP contribution in [0.3, 0.4) is 0 Å².